The van der Waals surface area contributed by atoms with Gasteiger partial charge in [0.25, 0.3) is 0 Å². The third kappa shape index (κ3) is 1.31. The molecule has 0 N–H and O–H groups in total. The average molecular weight is 149 g/mol. The maximum absolute atomic E-state index is 4.15. The predicted octanol–water partition coefficient (Wildman–Crippen LogP) is 1.08. The van der Waals surface area contributed by atoms with E-state index >= 15 is 0 Å². The molecule has 1 fully saturated rings. The molecule has 3 heteroatoms. The van der Waals surface area contributed by atoms with Crippen LogP contribution < -0.4 is 4.90 Å². The van der Waals surface area contributed by atoms with Crippen LogP contribution in [0.25, 0.3) is 0 Å². The van der Waals surface area contributed by atoms with E-state index in [1.54, 1.807) is 12.4 Å². The maximum atomic E-state index is 4.15. The summed E-state index contributed by atoms with van der Waals surface area (Å²) in [4.78, 5) is 10.4. The van der Waals surface area contributed by atoms with Crippen molar-refractivity contribution in [3.63, 3.8) is 0 Å². The molecule has 1 aliphatic rings. The molecule has 0 atom stereocenters. The smallest absolute Gasteiger partial charge is 0.225 e. The Morgan fingerprint density at radius 3 is 2.55 bits per heavy atom. The molecule has 0 spiro atoms. The number of hydrogen-bond donors (Lipinski definition) is 0. The van der Waals surface area contributed by atoms with E-state index in [-0.39, 0.29) is 0 Å². The SMILES string of the molecule is CN(c1ncccn1)C1CC1. The van der Waals surface area contributed by atoms with Crippen LogP contribution >= 0.6 is 0 Å². The minimum absolute atomic E-state index is 0.692. The second kappa shape index (κ2) is 2.49. The molecular formula is C8H11N3. The van der Waals surface area contributed by atoms with Crippen molar-refractivity contribution in [2.75, 3.05) is 11.9 Å². The summed E-state index contributed by atoms with van der Waals surface area (Å²) in [7, 11) is 2.05. The fourth-order valence-corrected chi connectivity index (χ4v) is 1.10. The average Bonchev–Trinajstić information content (AvgIpc) is 2.87. The minimum atomic E-state index is 0.692. The second-order valence-corrected chi connectivity index (χ2v) is 2.89. The Kier molecular flexibility index (Phi) is 1.49. The number of aromatic nitrogens is 2. The van der Waals surface area contributed by atoms with Gasteiger partial charge in [-0.05, 0) is 18.9 Å². The van der Waals surface area contributed by atoms with Crippen LogP contribution in [0.1, 0.15) is 12.8 Å². The first-order valence-corrected chi connectivity index (χ1v) is 3.88. The molecule has 0 aliphatic heterocycles. The van der Waals surface area contributed by atoms with E-state index in [9.17, 15) is 0 Å². The second-order valence-electron chi connectivity index (χ2n) is 2.89. The van der Waals surface area contributed by atoms with Crippen LogP contribution in [-0.4, -0.2) is 23.1 Å². The van der Waals surface area contributed by atoms with E-state index < -0.39 is 0 Å². The summed E-state index contributed by atoms with van der Waals surface area (Å²) < 4.78 is 0. The van der Waals surface area contributed by atoms with Gasteiger partial charge in [-0.15, -0.1) is 0 Å². The number of anilines is 1. The van der Waals surface area contributed by atoms with Crippen molar-refractivity contribution >= 4 is 5.95 Å². The van der Waals surface area contributed by atoms with E-state index in [4.69, 9.17) is 0 Å². The predicted molar refractivity (Wildman–Crippen MR) is 43.5 cm³/mol. The fraction of sp³-hybridized carbons (Fsp3) is 0.500. The minimum Gasteiger partial charge on any atom is -0.341 e. The van der Waals surface area contributed by atoms with Gasteiger partial charge in [0.1, 0.15) is 0 Å². The standard InChI is InChI=1S/C8H11N3/c1-11(7-3-4-7)8-9-5-2-6-10-8/h2,5-7H,3-4H2,1H3. The van der Waals surface area contributed by atoms with Gasteiger partial charge in [0, 0.05) is 25.5 Å². The molecule has 1 aliphatic carbocycles. The van der Waals surface area contributed by atoms with Gasteiger partial charge in [0.2, 0.25) is 5.95 Å². The van der Waals surface area contributed by atoms with Crippen molar-refractivity contribution in [3.8, 4) is 0 Å². The Hall–Kier alpha value is -1.12. The number of nitrogens with zero attached hydrogens (tertiary/aromatic N) is 3. The van der Waals surface area contributed by atoms with Crippen LogP contribution in [0.2, 0.25) is 0 Å². The van der Waals surface area contributed by atoms with Crippen LogP contribution in [0.5, 0.6) is 0 Å². The van der Waals surface area contributed by atoms with Gasteiger partial charge in [0.15, 0.2) is 0 Å². The zero-order valence-corrected chi connectivity index (χ0v) is 6.57. The van der Waals surface area contributed by atoms with Gasteiger partial charge in [-0.1, -0.05) is 0 Å². The highest BCUT2D eigenvalue weighted by molar-refractivity contribution is 5.30. The molecule has 3 nitrogen and oxygen atoms in total. The maximum Gasteiger partial charge on any atom is 0.225 e. The summed E-state index contributed by atoms with van der Waals surface area (Å²) in [5.74, 6) is 0.843. The molecule has 1 aromatic heterocycles. The quantitative estimate of drug-likeness (QED) is 0.630. The lowest BCUT2D eigenvalue weighted by molar-refractivity contribution is 0.861. The van der Waals surface area contributed by atoms with Crippen LogP contribution in [0.3, 0.4) is 0 Å². The van der Waals surface area contributed by atoms with Gasteiger partial charge in [-0.25, -0.2) is 9.97 Å². The summed E-state index contributed by atoms with van der Waals surface area (Å²) in [5, 5.41) is 0. The van der Waals surface area contributed by atoms with E-state index in [0.29, 0.717) is 6.04 Å². The number of rotatable bonds is 2. The van der Waals surface area contributed by atoms with Gasteiger partial charge >= 0.3 is 0 Å². The van der Waals surface area contributed by atoms with Crippen LogP contribution in [0.4, 0.5) is 5.95 Å². The Morgan fingerprint density at radius 1 is 1.36 bits per heavy atom. The summed E-state index contributed by atoms with van der Waals surface area (Å²) in [5.41, 5.74) is 0. The third-order valence-corrected chi connectivity index (χ3v) is 1.96. The highest BCUT2D eigenvalue weighted by Gasteiger charge is 2.27. The molecular weight excluding hydrogens is 138 g/mol. The van der Waals surface area contributed by atoms with Gasteiger partial charge < -0.3 is 4.90 Å². The normalized spacial score (nSPS) is 16.5. The summed E-state index contributed by atoms with van der Waals surface area (Å²) in [6.07, 6.45) is 6.13. The Labute approximate surface area is 66.1 Å². The summed E-state index contributed by atoms with van der Waals surface area (Å²) in [6, 6.07) is 2.53. The molecule has 58 valence electrons. The Balaban J connectivity index is 2.15. The first-order valence-electron chi connectivity index (χ1n) is 3.88. The van der Waals surface area contributed by atoms with E-state index in [1.807, 2.05) is 13.1 Å². The zero-order valence-electron chi connectivity index (χ0n) is 6.57. The van der Waals surface area contributed by atoms with Crippen molar-refractivity contribution in [2.24, 2.45) is 0 Å². The van der Waals surface area contributed by atoms with Crippen LogP contribution in [-0.2, 0) is 0 Å². The van der Waals surface area contributed by atoms with Crippen molar-refractivity contribution in [1.29, 1.82) is 0 Å². The Morgan fingerprint density at radius 2 is 2.00 bits per heavy atom. The lowest BCUT2D eigenvalue weighted by Crippen LogP contribution is -2.21. The lowest BCUT2D eigenvalue weighted by Gasteiger charge is -2.14. The largest absolute Gasteiger partial charge is 0.341 e. The molecule has 0 amide bonds. The van der Waals surface area contributed by atoms with Crippen molar-refractivity contribution in [2.45, 2.75) is 18.9 Å². The summed E-state index contributed by atoms with van der Waals surface area (Å²) >= 11 is 0. The monoisotopic (exact) mass is 149 g/mol. The van der Waals surface area contributed by atoms with Gasteiger partial charge in [-0.2, -0.15) is 0 Å². The first-order chi connectivity index (χ1) is 5.38. The topological polar surface area (TPSA) is 29.0 Å². The number of hydrogen-bond acceptors (Lipinski definition) is 3. The molecule has 0 aromatic carbocycles. The summed E-state index contributed by atoms with van der Waals surface area (Å²) in [6.45, 7) is 0. The zero-order chi connectivity index (χ0) is 7.68. The molecule has 0 radical (unpaired) electrons. The van der Waals surface area contributed by atoms with E-state index in [2.05, 4.69) is 14.9 Å². The van der Waals surface area contributed by atoms with Gasteiger partial charge in [-0.3, -0.25) is 0 Å². The molecule has 1 saturated carbocycles. The molecule has 1 heterocycles. The first kappa shape index (κ1) is 6.58. The molecule has 0 bridgehead atoms. The van der Waals surface area contributed by atoms with Crippen molar-refractivity contribution in [3.05, 3.63) is 18.5 Å². The van der Waals surface area contributed by atoms with Crippen LogP contribution in [0.15, 0.2) is 18.5 Å². The molecule has 0 unspecified atom stereocenters. The molecule has 0 saturated heterocycles. The molecule has 1 aromatic rings. The fourth-order valence-electron chi connectivity index (χ4n) is 1.10. The van der Waals surface area contributed by atoms with Crippen LogP contribution in [0, 0.1) is 0 Å². The highest BCUT2D eigenvalue weighted by Crippen LogP contribution is 2.27. The van der Waals surface area contributed by atoms with Gasteiger partial charge in [0.05, 0.1) is 0 Å². The molecule has 11 heavy (non-hydrogen) atoms. The highest BCUT2D eigenvalue weighted by atomic mass is 15.3. The van der Waals surface area contributed by atoms with E-state index in [0.717, 1.165) is 5.95 Å². The van der Waals surface area contributed by atoms with Crippen molar-refractivity contribution < 1.29 is 0 Å². The van der Waals surface area contributed by atoms with Crippen molar-refractivity contribution in [1.82, 2.24) is 9.97 Å². The van der Waals surface area contributed by atoms with E-state index in [1.165, 1.54) is 12.8 Å². The lowest BCUT2D eigenvalue weighted by atomic mass is 10.6. The third-order valence-electron chi connectivity index (χ3n) is 1.96. The Bertz CT molecular complexity index is 230. The molecule has 2 rings (SSSR count).